The van der Waals surface area contributed by atoms with Gasteiger partial charge in [0.2, 0.25) is 0 Å². The van der Waals surface area contributed by atoms with Crippen LogP contribution in [0.5, 0.6) is 0 Å². The van der Waals surface area contributed by atoms with Gasteiger partial charge in [-0.2, -0.15) is 0 Å². The van der Waals surface area contributed by atoms with Gasteiger partial charge in [-0.15, -0.1) is 5.10 Å². The van der Waals surface area contributed by atoms with Gasteiger partial charge in [0.15, 0.2) is 0 Å². The standard InChI is InChI=1S/C16H19N7/c1-2-4-12(5-3-1)16-19-8-13(9-20-16)14-10-23(22-21-14)11-15-17-6-7-18-15/h6-10,12H,1-5,11H2,(H,17,18). The maximum absolute atomic E-state index is 4.56. The molecule has 0 aromatic carbocycles. The van der Waals surface area contributed by atoms with Crippen molar-refractivity contribution < 1.29 is 0 Å². The molecule has 23 heavy (non-hydrogen) atoms. The van der Waals surface area contributed by atoms with E-state index in [1.807, 2.05) is 18.6 Å². The number of aromatic nitrogens is 7. The summed E-state index contributed by atoms with van der Waals surface area (Å²) < 4.78 is 1.75. The fourth-order valence-corrected chi connectivity index (χ4v) is 3.09. The smallest absolute Gasteiger partial charge is 0.131 e. The quantitative estimate of drug-likeness (QED) is 0.800. The number of nitrogens with one attached hydrogen (secondary N) is 1. The zero-order valence-corrected chi connectivity index (χ0v) is 12.9. The molecule has 4 rings (SSSR count). The summed E-state index contributed by atoms with van der Waals surface area (Å²) in [5, 5.41) is 8.33. The third-order valence-corrected chi connectivity index (χ3v) is 4.34. The first-order valence-electron chi connectivity index (χ1n) is 8.09. The molecule has 3 aromatic rings. The predicted molar refractivity (Wildman–Crippen MR) is 84.6 cm³/mol. The van der Waals surface area contributed by atoms with Crippen molar-refractivity contribution in [1.82, 2.24) is 34.9 Å². The lowest BCUT2D eigenvalue weighted by Gasteiger charge is -2.19. The predicted octanol–water partition coefficient (Wildman–Crippen LogP) is 2.55. The number of rotatable bonds is 4. The average molecular weight is 309 g/mol. The van der Waals surface area contributed by atoms with E-state index in [0.717, 1.165) is 22.9 Å². The van der Waals surface area contributed by atoms with Crippen LogP contribution < -0.4 is 0 Å². The van der Waals surface area contributed by atoms with Crippen molar-refractivity contribution in [3.8, 4) is 11.3 Å². The van der Waals surface area contributed by atoms with E-state index >= 15 is 0 Å². The molecule has 118 valence electrons. The van der Waals surface area contributed by atoms with Gasteiger partial charge in [0.25, 0.3) is 0 Å². The Kier molecular flexibility index (Phi) is 3.83. The molecular formula is C16H19N7. The van der Waals surface area contributed by atoms with E-state index in [4.69, 9.17) is 0 Å². The number of nitrogens with zero attached hydrogens (tertiary/aromatic N) is 6. The van der Waals surface area contributed by atoms with Crippen LogP contribution in [0.1, 0.15) is 49.7 Å². The molecule has 7 heteroatoms. The lowest BCUT2D eigenvalue weighted by atomic mass is 9.89. The second kappa shape index (κ2) is 6.28. The third-order valence-electron chi connectivity index (χ3n) is 4.34. The van der Waals surface area contributed by atoms with Gasteiger partial charge in [-0.3, -0.25) is 0 Å². The van der Waals surface area contributed by atoms with Crippen LogP contribution in [0, 0.1) is 0 Å². The number of aromatic amines is 1. The van der Waals surface area contributed by atoms with E-state index in [9.17, 15) is 0 Å². The molecule has 1 N–H and O–H groups in total. The van der Waals surface area contributed by atoms with Crippen molar-refractivity contribution in [3.05, 3.63) is 42.6 Å². The van der Waals surface area contributed by atoms with E-state index in [1.54, 1.807) is 17.1 Å². The lowest BCUT2D eigenvalue weighted by Crippen LogP contribution is -2.08. The third kappa shape index (κ3) is 3.13. The first-order valence-corrected chi connectivity index (χ1v) is 8.09. The maximum atomic E-state index is 4.56. The van der Waals surface area contributed by atoms with Crippen molar-refractivity contribution in [2.24, 2.45) is 0 Å². The Morgan fingerprint density at radius 2 is 1.91 bits per heavy atom. The van der Waals surface area contributed by atoms with Crippen molar-refractivity contribution in [2.45, 2.75) is 44.6 Å². The Balaban J connectivity index is 1.48. The Hall–Kier alpha value is -2.57. The summed E-state index contributed by atoms with van der Waals surface area (Å²) in [4.78, 5) is 16.4. The van der Waals surface area contributed by atoms with Crippen LogP contribution in [0.2, 0.25) is 0 Å². The molecule has 0 radical (unpaired) electrons. The Bertz CT molecular complexity index is 739. The second-order valence-electron chi connectivity index (χ2n) is 6.00. The van der Waals surface area contributed by atoms with E-state index < -0.39 is 0 Å². The monoisotopic (exact) mass is 309 g/mol. The van der Waals surface area contributed by atoms with E-state index in [2.05, 4.69) is 30.2 Å². The van der Waals surface area contributed by atoms with Gasteiger partial charge in [0.1, 0.15) is 23.9 Å². The van der Waals surface area contributed by atoms with Gasteiger partial charge in [-0.25, -0.2) is 19.6 Å². The molecule has 0 saturated heterocycles. The molecule has 0 atom stereocenters. The van der Waals surface area contributed by atoms with Gasteiger partial charge < -0.3 is 4.98 Å². The normalized spacial score (nSPS) is 15.8. The number of imidazole rings is 1. The lowest BCUT2D eigenvalue weighted by molar-refractivity contribution is 0.428. The zero-order chi connectivity index (χ0) is 15.5. The Labute approximate surface area is 134 Å². The highest BCUT2D eigenvalue weighted by Crippen LogP contribution is 2.30. The van der Waals surface area contributed by atoms with Crippen LogP contribution in [0.15, 0.2) is 31.0 Å². The van der Waals surface area contributed by atoms with Gasteiger partial charge >= 0.3 is 0 Å². The van der Waals surface area contributed by atoms with Gasteiger partial charge in [0, 0.05) is 36.3 Å². The average Bonchev–Trinajstić information content (AvgIpc) is 3.28. The van der Waals surface area contributed by atoms with Crippen molar-refractivity contribution >= 4 is 0 Å². The zero-order valence-electron chi connectivity index (χ0n) is 12.9. The van der Waals surface area contributed by atoms with Crippen LogP contribution in [0.25, 0.3) is 11.3 Å². The Morgan fingerprint density at radius 3 is 2.65 bits per heavy atom. The first-order chi connectivity index (χ1) is 11.4. The SMILES string of the molecule is c1c[nH]c(Cn2cc(-c3cnc(C4CCCCC4)nc3)nn2)n1. The molecule has 7 nitrogen and oxygen atoms in total. The summed E-state index contributed by atoms with van der Waals surface area (Å²) in [5.74, 6) is 2.34. The van der Waals surface area contributed by atoms with Crippen molar-refractivity contribution in [1.29, 1.82) is 0 Å². The minimum Gasteiger partial charge on any atom is -0.347 e. The molecule has 0 amide bonds. The summed E-state index contributed by atoms with van der Waals surface area (Å²) in [5.41, 5.74) is 1.68. The molecule has 0 bridgehead atoms. The van der Waals surface area contributed by atoms with Gasteiger partial charge in [0.05, 0.1) is 6.20 Å². The first kappa shape index (κ1) is 14.0. The second-order valence-corrected chi connectivity index (χ2v) is 6.00. The minimum absolute atomic E-state index is 0.521. The highest BCUT2D eigenvalue weighted by Gasteiger charge is 2.18. The number of H-pyrrole nitrogens is 1. The highest BCUT2D eigenvalue weighted by atomic mass is 15.4. The molecular weight excluding hydrogens is 290 g/mol. The minimum atomic E-state index is 0.521. The van der Waals surface area contributed by atoms with Crippen LogP contribution in [-0.2, 0) is 6.54 Å². The van der Waals surface area contributed by atoms with Crippen LogP contribution in [0.4, 0.5) is 0 Å². The fourth-order valence-electron chi connectivity index (χ4n) is 3.09. The molecule has 1 fully saturated rings. The summed E-state index contributed by atoms with van der Waals surface area (Å²) in [6, 6.07) is 0. The maximum Gasteiger partial charge on any atom is 0.131 e. The summed E-state index contributed by atoms with van der Waals surface area (Å²) >= 11 is 0. The van der Waals surface area contributed by atoms with Crippen molar-refractivity contribution in [3.63, 3.8) is 0 Å². The van der Waals surface area contributed by atoms with E-state index in [-0.39, 0.29) is 0 Å². The number of hydrogen-bond donors (Lipinski definition) is 1. The largest absolute Gasteiger partial charge is 0.347 e. The number of hydrogen-bond acceptors (Lipinski definition) is 5. The van der Waals surface area contributed by atoms with Crippen LogP contribution in [-0.4, -0.2) is 34.9 Å². The molecule has 0 aliphatic heterocycles. The summed E-state index contributed by atoms with van der Waals surface area (Å²) in [6.45, 7) is 0.570. The topological polar surface area (TPSA) is 85.2 Å². The van der Waals surface area contributed by atoms with Gasteiger partial charge in [-0.1, -0.05) is 24.5 Å². The van der Waals surface area contributed by atoms with E-state index in [0.29, 0.717) is 12.5 Å². The van der Waals surface area contributed by atoms with E-state index in [1.165, 1.54) is 32.1 Å². The van der Waals surface area contributed by atoms with Crippen LogP contribution in [0.3, 0.4) is 0 Å². The molecule has 1 aliphatic carbocycles. The summed E-state index contributed by atoms with van der Waals surface area (Å²) in [6.07, 6.45) is 15.5. The molecule has 0 unspecified atom stereocenters. The summed E-state index contributed by atoms with van der Waals surface area (Å²) in [7, 11) is 0. The molecule has 0 spiro atoms. The van der Waals surface area contributed by atoms with Crippen molar-refractivity contribution in [2.75, 3.05) is 0 Å². The van der Waals surface area contributed by atoms with Gasteiger partial charge in [-0.05, 0) is 12.8 Å². The molecule has 1 aliphatic rings. The molecule has 3 aromatic heterocycles. The molecule has 3 heterocycles. The Morgan fingerprint density at radius 1 is 1.09 bits per heavy atom. The highest BCUT2D eigenvalue weighted by molar-refractivity contribution is 5.54. The van der Waals surface area contributed by atoms with Crippen LogP contribution >= 0.6 is 0 Å². The fraction of sp³-hybridized carbons (Fsp3) is 0.438. The molecule has 1 saturated carbocycles.